The molecule has 138 valence electrons. The van der Waals surface area contributed by atoms with Crippen molar-refractivity contribution >= 4 is 12.2 Å². The van der Waals surface area contributed by atoms with Crippen molar-refractivity contribution in [3.8, 4) is 0 Å². The first-order chi connectivity index (χ1) is 12.8. The van der Waals surface area contributed by atoms with Gasteiger partial charge in [0.25, 0.3) is 0 Å². The Morgan fingerprint density at radius 3 is 1.41 bits per heavy atom. The third-order valence-electron chi connectivity index (χ3n) is 7.62. The summed E-state index contributed by atoms with van der Waals surface area (Å²) in [5, 5.41) is 0. The first-order valence-corrected chi connectivity index (χ1v) is 18.2. The van der Waals surface area contributed by atoms with E-state index in [-0.39, 0.29) is 0 Å². The first kappa shape index (κ1) is 17.9. The number of allylic oxidation sites excluding steroid dienone is 2. The number of aryl methyl sites for hydroxylation is 4. The third kappa shape index (κ3) is 2.37. The SMILES string of the molecule is Cc1ccc(C)c2c1C=C1CCC3=Cc4c(C)ccc(C)c4[CH]3[Zr]([CH3])([CH3])[CH]12. The van der Waals surface area contributed by atoms with Crippen LogP contribution in [0.1, 0.15) is 64.6 Å². The van der Waals surface area contributed by atoms with Gasteiger partial charge >= 0.3 is 169 Å². The Balaban J connectivity index is 1.76. The standard InChI is InChI=1S/C24H24.2CH3.Zr/c1-15-5-6-16(2)22-12-19(11-21(15)22)9-10-20-13-23-17(3)7-8-18(4)24(23)14-20;;;/h5-8,11-14H,9-10H2,1-4H3;2*1H3;. The van der Waals surface area contributed by atoms with Gasteiger partial charge in [-0.15, -0.1) is 0 Å². The average molecular weight is 434 g/mol. The summed E-state index contributed by atoms with van der Waals surface area (Å²) in [6.45, 7) is 9.28. The van der Waals surface area contributed by atoms with Crippen LogP contribution in [0.5, 0.6) is 0 Å². The predicted octanol–water partition coefficient (Wildman–Crippen LogP) is 7.54. The molecule has 27 heavy (non-hydrogen) atoms. The summed E-state index contributed by atoms with van der Waals surface area (Å²) in [6.07, 6.45) is 7.69. The molecule has 0 bridgehead atoms. The molecule has 1 aliphatic heterocycles. The minimum absolute atomic E-state index is 0.746. The summed E-state index contributed by atoms with van der Waals surface area (Å²) in [5.41, 5.74) is 16.0. The Hall–Kier alpha value is -1.20. The first-order valence-electron chi connectivity index (χ1n) is 10.4. The molecular formula is C26H30Zr. The van der Waals surface area contributed by atoms with E-state index in [0.29, 0.717) is 0 Å². The van der Waals surface area contributed by atoms with Gasteiger partial charge < -0.3 is 0 Å². The molecule has 1 heteroatoms. The van der Waals surface area contributed by atoms with E-state index < -0.39 is 20.3 Å². The summed E-state index contributed by atoms with van der Waals surface area (Å²) < 4.78 is 6.97. The fourth-order valence-corrected chi connectivity index (χ4v) is 18.5. The van der Waals surface area contributed by atoms with Crippen molar-refractivity contribution in [2.75, 3.05) is 0 Å². The third-order valence-corrected chi connectivity index (χ3v) is 18.2. The van der Waals surface area contributed by atoms with Crippen LogP contribution < -0.4 is 0 Å². The van der Waals surface area contributed by atoms with Crippen molar-refractivity contribution < 1.29 is 20.3 Å². The number of benzene rings is 2. The minimum atomic E-state index is -2.59. The van der Waals surface area contributed by atoms with Gasteiger partial charge in [-0.1, -0.05) is 0 Å². The molecule has 1 fully saturated rings. The summed E-state index contributed by atoms with van der Waals surface area (Å²) in [6, 6.07) is 9.38. The number of rotatable bonds is 0. The van der Waals surface area contributed by atoms with Crippen molar-refractivity contribution in [2.24, 2.45) is 0 Å². The summed E-state index contributed by atoms with van der Waals surface area (Å²) in [5.74, 6) is 0. The molecule has 0 spiro atoms. The molecule has 1 heterocycles. The summed E-state index contributed by atoms with van der Waals surface area (Å²) >= 11 is -2.59. The average Bonchev–Trinajstić information content (AvgIpc) is 3.18. The van der Waals surface area contributed by atoms with Crippen LogP contribution in [0.3, 0.4) is 0 Å². The fourth-order valence-electron chi connectivity index (χ4n) is 6.35. The Bertz CT molecular complexity index is 965. The van der Waals surface area contributed by atoms with Gasteiger partial charge in [-0.2, -0.15) is 0 Å². The van der Waals surface area contributed by atoms with Crippen LogP contribution in [0.15, 0.2) is 35.4 Å². The Morgan fingerprint density at radius 2 is 1.00 bits per heavy atom. The number of hydrogen-bond acceptors (Lipinski definition) is 0. The van der Waals surface area contributed by atoms with E-state index in [1.54, 1.807) is 33.4 Å². The Labute approximate surface area is 168 Å². The zero-order valence-electron chi connectivity index (χ0n) is 17.5. The summed E-state index contributed by atoms with van der Waals surface area (Å²) in [7, 11) is 0. The quantitative estimate of drug-likeness (QED) is 0.402. The molecular weight excluding hydrogens is 404 g/mol. The van der Waals surface area contributed by atoms with E-state index >= 15 is 0 Å². The van der Waals surface area contributed by atoms with Crippen LogP contribution in [0.4, 0.5) is 0 Å². The molecule has 0 N–H and O–H groups in total. The second-order valence-electron chi connectivity index (χ2n) is 9.68. The summed E-state index contributed by atoms with van der Waals surface area (Å²) in [4.78, 5) is 0. The van der Waals surface area contributed by atoms with Crippen molar-refractivity contribution in [1.82, 2.24) is 0 Å². The molecule has 5 rings (SSSR count). The molecule has 0 amide bonds. The molecule has 0 aromatic heterocycles. The van der Waals surface area contributed by atoms with Gasteiger partial charge in [-0.25, -0.2) is 0 Å². The van der Waals surface area contributed by atoms with Crippen molar-refractivity contribution in [1.29, 1.82) is 0 Å². The van der Waals surface area contributed by atoms with Crippen molar-refractivity contribution in [3.05, 3.63) is 79.9 Å². The van der Waals surface area contributed by atoms with E-state index in [1.807, 2.05) is 0 Å². The fraction of sp³-hybridized carbons (Fsp3) is 0.385. The molecule has 1 saturated heterocycles. The van der Waals surface area contributed by atoms with Gasteiger partial charge in [-0.05, 0) is 0 Å². The van der Waals surface area contributed by atoms with Crippen LogP contribution >= 0.6 is 0 Å². The molecule has 0 nitrogen and oxygen atoms in total. The monoisotopic (exact) mass is 432 g/mol. The zero-order chi connectivity index (χ0) is 19.1. The zero-order valence-corrected chi connectivity index (χ0v) is 20.0. The second-order valence-corrected chi connectivity index (χ2v) is 21.5. The molecule has 0 radical (unpaired) electrons. The van der Waals surface area contributed by atoms with Gasteiger partial charge in [0.15, 0.2) is 0 Å². The maximum atomic E-state index is 2.74. The molecule has 3 aliphatic rings. The molecule has 0 saturated carbocycles. The Morgan fingerprint density at radius 1 is 0.630 bits per heavy atom. The van der Waals surface area contributed by atoms with E-state index in [4.69, 9.17) is 0 Å². The van der Waals surface area contributed by atoms with Gasteiger partial charge in [0.2, 0.25) is 0 Å². The molecule has 2 aromatic carbocycles. The van der Waals surface area contributed by atoms with Crippen LogP contribution in [0.2, 0.25) is 9.26 Å². The molecule has 2 aromatic rings. The van der Waals surface area contributed by atoms with Crippen molar-refractivity contribution in [2.45, 2.75) is 57.1 Å². The van der Waals surface area contributed by atoms with Crippen molar-refractivity contribution in [3.63, 3.8) is 0 Å². The van der Waals surface area contributed by atoms with E-state index in [0.717, 1.165) is 7.25 Å². The Kier molecular flexibility index (Phi) is 3.91. The second kappa shape index (κ2) is 5.90. The number of hydrogen-bond donors (Lipinski definition) is 0. The molecule has 2 aliphatic carbocycles. The predicted molar refractivity (Wildman–Crippen MR) is 114 cm³/mol. The van der Waals surface area contributed by atoms with Crippen LogP contribution in [-0.2, 0) is 20.3 Å². The number of fused-ring (bicyclic) bond motifs is 6. The normalized spacial score (nSPS) is 24.4. The molecule has 2 unspecified atom stereocenters. The van der Waals surface area contributed by atoms with Crippen LogP contribution in [-0.4, -0.2) is 0 Å². The van der Waals surface area contributed by atoms with Gasteiger partial charge in [0.1, 0.15) is 0 Å². The van der Waals surface area contributed by atoms with Crippen LogP contribution in [0.25, 0.3) is 12.2 Å². The molecule has 2 atom stereocenters. The van der Waals surface area contributed by atoms with Crippen LogP contribution in [0, 0.1) is 27.7 Å². The van der Waals surface area contributed by atoms with E-state index in [1.165, 1.54) is 35.1 Å². The van der Waals surface area contributed by atoms with E-state index in [9.17, 15) is 0 Å². The topological polar surface area (TPSA) is 0 Å². The van der Waals surface area contributed by atoms with E-state index in [2.05, 4.69) is 73.4 Å². The van der Waals surface area contributed by atoms with Gasteiger partial charge in [0, 0.05) is 0 Å². The van der Waals surface area contributed by atoms with Gasteiger partial charge in [-0.3, -0.25) is 0 Å². The van der Waals surface area contributed by atoms with Gasteiger partial charge in [0.05, 0.1) is 0 Å². The maximum absolute atomic E-state index is 2.74.